The van der Waals surface area contributed by atoms with Crippen molar-refractivity contribution in [2.24, 2.45) is 17.3 Å². The Morgan fingerprint density at radius 1 is 1.29 bits per heavy atom. The van der Waals surface area contributed by atoms with Crippen molar-refractivity contribution < 1.29 is 0 Å². The van der Waals surface area contributed by atoms with Crippen LogP contribution in [0.5, 0.6) is 0 Å². The fraction of sp³-hybridized carbons (Fsp3) is 0.667. The maximum atomic E-state index is 6.56. The Bertz CT molecular complexity index is 552. The van der Waals surface area contributed by atoms with Gasteiger partial charge in [-0.2, -0.15) is 0 Å². The quantitative estimate of drug-likeness (QED) is 0.672. The van der Waals surface area contributed by atoms with Crippen molar-refractivity contribution in [2.75, 3.05) is 0 Å². The van der Waals surface area contributed by atoms with Crippen LogP contribution in [0.2, 0.25) is 5.02 Å². The highest BCUT2D eigenvalue weighted by atomic mass is 35.5. The molecule has 5 rings (SSSR count). The predicted molar refractivity (Wildman–Crippen MR) is 67.3 cm³/mol. The Hall–Kier alpha value is -0.560. The SMILES string of the molecule is Cc1cnc2c(c1Cl)C1CC3CC4CC2C34C1. The molecule has 0 saturated heterocycles. The third kappa shape index (κ3) is 0.789. The lowest BCUT2D eigenvalue weighted by Gasteiger charge is -2.67. The van der Waals surface area contributed by atoms with Crippen molar-refractivity contribution in [2.45, 2.75) is 44.4 Å². The van der Waals surface area contributed by atoms with E-state index in [1.165, 1.54) is 36.9 Å². The van der Waals surface area contributed by atoms with Gasteiger partial charge in [0.15, 0.2) is 0 Å². The topological polar surface area (TPSA) is 12.9 Å². The van der Waals surface area contributed by atoms with Gasteiger partial charge < -0.3 is 0 Å². The molecular weight excluding hydrogens is 230 g/mol. The van der Waals surface area contributed by atoms with E-state index >= 15 is 0 Å². The first-order valence-corrected chi connectivity index (χ1v) is 7.24. The average molecular weight is 246 g/mol. The molecule has 0 aliphatic heterocycles. The molecule has 2 bridgehead atoms. The summed E-state index contributed by atoms with van der Waals surface area (Å²) in [5, 5.41) is 1.03. The molecule has 1 heterocycles. The maximum Gasteiger partial charge on any atom is 0.0503 e. The fourth-order valence-electron chi connectivity index (χ4n) is 5.70. The number of rotatable bonds is 0. The highest BCUT2D eigenvalue weighted by molar-refractivity contribution is 6.32. The molecule has 2 heteroatoms. The summed E-state index contributed by atoms with van der Waals surface area (Å²) in [6.45, 7) is 2.09. The summed E-state index contributed by atoms with van der Waals surface area (Å²) >= 11 is 6.56. The van der Waals surface area contributed by atoms with Gasteiger partial charge in [0.1, 0.15) is 0 Å². The molecule has 3 saturated carbocycles. The normalized spacial score (nSPS) is 47.9. The molecule has 17 heavy (non-hydrogen) atoms. The van der Waals surface area contributed by atoms with E-state index in [1.807, 2.05) is 6.20 Å². The number of halogens is 1. The Morgan fingerprint density at radius 3 is 2.94 bits per heavy atom. The lowest BCUT2D eigenvalue weighted by atomic mass is 9.37. The van der Waals surface area contributed by atoms with Crippen LogP contribution in [0, 0.1) is 24.2 Å². The van der Waals surface area contributed by atoms with Gasteiger partial charge in [-0.3, -0.25) is 4.98 Å². The van der Waals surface area contributed by atoms with Crippen molar-refractivity contribution in [1.29, 1.82) is 0 Å². The summed E-state index contributed by atoms with van der Waals surface area (Å²) < 4.78 is 0. The molecule has 4 aliphatic carbocycles. The van der Waals surface area contributed by atoms with Crippen molar-refractivity contribution in [3.8, 4) is 0 Å². The summed E-state index contributed by atoms with van der Waals surface area (Å²) in [6.07, 6.45) is 7.69. The van der Waals surface area contributed by atoms with E-state index in [4.69, 9.17) is 16.6 Å². The molecule has 0 aromatic carbocycles. The molecular formula is C15H16ClN. The van der Waals surface area contributed by atoms with Crippen LogP contribution in [-0.2, 0) is 0 Å². The molecule has 0 radical (unpaired) electrons. The molecule has 0 amide bonds. The third-order valence-electron chi connectivity index (χ3n) is 6.42. The number of hydrogen-bond acceptors (Lipinski definition) is 1. The van der Waals surface area contributed by atoms with Gasteiger partial charge in [0.2, 0.25) is 0 Å². The molecule has 5 atom stereocenters. The van der Waals surface area contributed by atoms with Crippen LogP contribution >= 0.6 is 11.6 Å². The second-order valence-corrected chi connectivity index (χ2v) is 7.10. The fourth-order valence-corrected chi connectivity index (χ4v) is 6.00. The largest absolute Gasteiger partial charge is 0.260 e. The van der Waals surface area contributed by atoms with Crippen LogP contribution in [0.3, 0.4) is 0 Å². The van der Waals surface area contributed by atoms with E-state index in [0.29, 0.717) is 5.41 Å². The van der Waals surface area contributed by atoms with E-state index in [9.17, 15) is 0 Å². The molecule has 1 nitrogen and oxygen atoms in total. The second kappa shape index (κ2) is 2.56. The van der Waals surface area contributed by atoms with E-state index < -0.39 is 0 Å². The van der Waals surface area contributed by atoms with Crippen molar-refractivity contribution in [3.63, 3.8) is 0 Å². The predicted octanol–water partition coefficient (Wildman–Crippen LogP) is 4.04. The van der Waals surface area contributed by atoms with E-state index in [2.05, 4.69) is 6.92 Å². The Morgan fingerprint density at radius 2 is 2.12 bits per heavy atom. The van der Waals surface area contributed by atoms with Crippen molar-refractivity contribution >= 4 is 11.6 Å². The molecule has 1 aromatic heterocycles. The lowest BCUT2D eigenvalue weighted by Crippen LogP contribution is -2.59. The highest BCUT2D eigenvalue weighted by Gasteiger charge is 2.72. The number of fused-ring (bicyclic) bond motifs is 4. The van der Waals surface area contributed by atoms with Gasteiger partial charge in [-0.15, -0.1) is 0 Å². The molecule has 0 N–H and O–H groups in total. The summed E-state index contributed by atoms with van der Waals surface area (Å²) in [6, 6.07) is 0. The monoisotopic (exact) mass is 245 g/mol. The van der Waals surface area contributed by atoms with Gasteiger partial charge in [0.05, 0.1) is 5.02 Å². The van der Waals surface area contributed by atoms with Gasteiger partial charge >= 0.3 is 0 Å². The third-order valence-corrected chi connectivity index (χ3v) is 6.92. The summed E-state index contributed by atoms with van der Waals surface area (Å²) in [5.74, 6) is 3.54. The number of nitrogens with zero attached hydrogens (tertiary/aromatic N) is 1. The molecule has 1 aromatic rings. The number of hydrogen-bond donors (Lipinski definition) is 0. The molecule has 1 spiro atoms. The Labute approximate surface area is 107 Å². The summed E-state index contributed by atoms with van der Waals surface area (Å²) in [7, 11) is 0. The zero-order chi connectivity index (χ0) is 11.4. The zero-order valence-corrected chi connectivity index (χ0v) is 10.8. The minimum Gasteiger partial charge on any atom is -0.260 e. The minimum absolute atomic E-state index is 0.698. The van der Waals surface area contributed by atoms with Crippen molar-refractivity contribution in [3.05, 3.63) is 28.0 Å². The van der Waals surface area contributed by atoms with Crippen LogP contribution in [0.25, 0.3) is 0 Å². The van der Waals surface area contributed by atoms with Crippen LogP contribution in [0.4, 0.5) is 0 Å². The minimum atomic E-state index is 0.698. The number of aryl methyl sites for hydroxylation is 1. The van der Waals surface area contributed by atoms with E-state index in [-0.39, 0.29) is 0 Å². The molecule has 4 aliphatic rings. The maximum absolute atomic E-state index is 6.56. The van der Waals surface area contributed by atoms with Crippen LogP contribution in [0.1, 0.15) is 54.3 Å². The Balaban J connectivity index is 1.79. The van der Waals surface area contributed by atoms with E-state index in [1.54, 1.807) is 0 Å². The molecule has 3 fully saturated rings. The number of aromatic nitrogens is 1. The van der Waals surface area contributed by atoms with Crippen LogP contribution in [-0.4, -0.2) is 4.98 Å². The first-order valence-electron chi connectivity index (χ1n) is 6.86. The highest BCUT2D eigenvalue weighted by Crippen LogP contribution is 2.81. The Kier molecular flexibility index (Phi) is 1.41. The van der Waals surface area contributed by atoms with Gasteiger partial charge in [-0.25, -0.2) is 0 Å². The second-order valence-electron chi connectivity index (χ2n) is 6.72. The standard InChI is InChI=1S/C15H16ClN/c1-7-6-17-14-11-4-10-3-9-2-8(5-15(9,10)11)12(14)13(7)16/h6,8-11H,2-5H2,1H3. The summed E-state index contributed by atoms with van der Waals surface area (Å²) in [4.78, 5) is 4.77. The first kappa shape index (κ1) is 9.38. The van der Waals surface area contributed by atoms with Crippen LogP contribution < -0.4 is 0 Å². The summed E-state index contributed by atoms with van der Waals surface area (Å²) in [5.41, 5.74) is 4.69. The first-order chi connectivity index (χ1) is 8.22. The van der Waals surface area contributed by atoms with Crippen molar-refractivity contribution in [1.82, 2.24) is 4.98 Å². The van der Waals surface area contributed by atoms with Crippen LogP contribution in [0.15, 0.2) is 6.20 Å². The van der Waals surface area contributed by atoms with Gasteiger partial charge in [-0.05, 0) is 66.9 Å². The van der Waals surface area contributed by atoms with Gasteiger partial charge in [0.25, 0.3) is 0 Å². The van der Waals surface area contributed by atoms with E-state index in [0.717, 1.165) is 34.3 Å². The van der Waals surface area contributed by atoms with Gasteiger partial charge in [0, 0.05) is 17.8 Å². The smallest absolute Gasteiger partial charge is 0.0503 e. The lowest BCUT2D eigenvalue weighted by molar-refractivity contribution is -0.148. The zero-order valence-electron chi connectivity index (χ0n) is 10.0. The number of pyridine rings is 1. The average Bonchev–Trinajstić information content (AvgIpc) is 2.67. The molecule has 5 unspecified atom stereocenters. The molecule has 88 valence electrons. The van der Waals surface area contributed by atoms with Gasteiger partial charge in [-0.1, -0.05) is 11.6 Å².